The van der Waals surface area contributed by atoms with Gasteiger partial charge >= 0.3 is 5.97 Å². The molecule has 0 bridgehead atoms. The van der Waals surface area contributed by atoms with Crippen LogP contribution >= 0.6 is 24.2 Å². The van der Waals surface area contributed by atoms with Crippen molar-refractivity contribution < 1.29 is 19.5 Å². The number of anilines is 1. The van der Waals surface area contributed by atoms with E-state index in [4.69, 9.17) is 5.73 Å². The summed E-state index contributed by atoms with van der Waals surface area (Å²) in [6, 6.07) is 4.84. The lowest BCUT2D eigenvalue weighted by Gasteiger charge is -2.33. The average Bonchev–Trinajstić information content (AvgIpc) is 2.84. The normalized spacial score (nSPS) is 21.9. The lowest BCUT2D eigenvalue weighted by Crippen LogP contribution is -2.43. The predicted octanol–water partition coefficient (Wildman–Crippen LogP) is 2.06. The second-order valence-electron chi connectivity index (χ2n) is 5.78. The highest BCUT2D eigenvalue weighted by Gasteiger charge is 2.26. The first-order valence-electron chi connectivity index (χ1n) is 7.57. The molecule has 134 valence electrons. The quantitative estimate of drug-likeness (QED) is 0.684. The molecule has 1 aromatic carbocycles. The van der Waals surface area contributed by atoms with Crippen LogP contribution in [0.2, 0.25) is 0 Å². The number of halogens is 1. The van der Waals surface area contributed by atoms with Crippen molar-refractivity contribution in [2.45, 2.75) is 18.9 Å². The van der Waals surface area contributed by atoms with Crippen molar-refractivity contribution in [1.29, 1.82) is 0 Å². The van der Waals surface area contributed by atoms with Gasteiger partial charge in [0, 0.05) is 24.8 Å². The maximum Gasteiger partial charge on any atom is 0.335 e. The first kappa shape index (κ1) is 19.3. The van der Waals surface area contributed by atoms with E-state index in [1.165, 1.54) is 12.1 Å². The highest BCUT2D eigenvalue weighted by atomic mass is 35.5. The van der Waals surface area contributed by atoms with Crippen molar-refractivity contribution in [3.05, 3.63) is 34.2 Å². The maximum atomic E-state index is 11.8. The summed E-state index contributed by atoms with van der Waals surface area (Å²) in [7, 11) is 0. The Balaban J connectivity index is 0.00000225. The second-order valence-corrected chi connectivity index (χ2v) is 6.79. The highest BCUT2D eigenvalue weighted by Crippen LogP contribution is 2.31. The molecule has 0 aromatic heterocycles. The number of rotatable bonds is 3. The standard InChI is InChI=1S/C16H17N3O4S.ClH/c17-11-2-1-5-19(8-11)12-4-3-9(15(21)22)6-10(12)7-13-14(20)18-16(23)24-13;/h3-4,6-7,11H,1-2,5,8,17H2,(H,21,22)(H,18,20,23);1H. The number of carboxylic acids is 1. The molecule has 0 saturated carbocycles. The van der Waals surface area contributed by atoms with E-state index in [0.29, 0.717) is 12.1 Å². The van der Waals surface area contributed by atoms with Gasteiger partial charge in [0.05, 0.1) is 10.5 Å². The van der Waals surface area contributed by atoms with Gasteiger partial charge in [-0.25, -0.2) is 4.79 Å². The fraction of sp³-hybridized carbons (Fsp3) is 0.312. The summed E-state index contributed by atoms with van der Waals surface area (Å²) >= 11 is 0.810. The molecule has 2 saturated heterocycles. The zero-order valence-electron chi connectivity index (χ0n) is 13.2. The third-order valence-corrected chi connectivity index (χ3v) is 4.81. The number of imide groups is 1. The minimum absolute atomic E-state index is 0. The summed E-state index contributed by atoms with van der Waals surface area (Å²) in [6.07, 6.45) is 3.46. The monoisotopic (exact) mass is 383 g/mol. The number of hydrogen-bond donors (Lipinski definition) is 3. The molecule has 2 amide bonds. The first-order valence-corrected chi connectivity index (χ1v) is 8.38. The summed E-state index contributed by atoms with van der Waals surface area (Å²) in [5.41, 5.74) is 7.57. The van der Waals surface area contributed by atoms with Gasteiger partial charge in [0.1, 0.15) is 0 Å². The van der Waals surface area contributed by atoms with Gasteiger partial charge in [-0.15, -0.1) is 12.4 Å². The SMILES string of the molecule is Cl.NC1CCCN(c2ccc(C(=O)O)cc2C=C2SC(=O)NC2=O)C1. The van der Waals surface area contributed by atoms with Crippen LogP contribution in [0.5, 0.6) is 0 Å². The van der Waals surface area contributed by atoms with Gasteiger partial charge in [-0.1, -0.05) is 0 Å². The average molecular weight is 384 g/mol. The number of aromatic carboxylic acids is 1. The number of nitrogens with two attached hydrogens (primary N) is 1. The fourth-order valence-electron chi connectivity index (χ4n) is 2.88. The van der Waals surface area contributed by atoms with Gasteiger partial charge in [-0.3, -0.25) is 14.9 Å². The van der Waals surface area contributed by atoms with Gasteiger partial charge in [-0.05, 0) is 54.4 Å². The minimum Gasteiger partial charge on any atom is -0.478 e. The molecule has 4 N–H and O–H groups in total. The minimum atomic E-state index is -1.05. The Morgan fingerprint density at radius 1 is 1.40 bits per heavy atom. The number of hydrogen-bond acceptors (Lipinski definition) is 6. The number of carboxylic acid groups (broad SMARTS) is 1. The van der Waals surface area contributed by atoms with Crippen molar-refractivity contribution in [1.82, 2.24) is 5.32 Å². The summed E-state index contributed by atoms with van der Waals surface area (Å²) in [5.74, 6) is -1.51. The summed E-state index contributed by atoms with van der Waals surface area (Å²) in [6.45, 7) is 1.48. The van der Waals surface area contributed by atoms with E-state index < -0.39 is 17.1 Å². The number of amides is 2. The Morgan fingerprint density at radius 3 is 2.76 bits per heavy atom. The lowest BCUT2D eigenvalue weighted by atomic mass is 10.0. The number of nitrogens with zero attached hydrogens (tertiary/aromatic N) is 1. The van der Waals surface area contributed by atoms with Crippen LogP contribution in [0.3, 0.4) is 0 Å². The molecule has 0 radical (unpaired) electrons. The van der Waals surface area contributed by atoms with Crippen LogP contribution in [0.25, 0.3) is 6.08 Å². The van der Waals surface area contributed by atoms with Crippen LogP contribution in [-0.2, 0) is 4.79 Å². The maximum absolute atomic E-state index is 11.8. The van der Waals surface area contributed by atoms with Gasteiger partial charge < -0.3 is 15.7 Å². The molecule has 0 aliphatic carbocycles. The Bertz CT molecular complexity index is 753. The molecule has 1 unspecified atom stereocenters. The largest absolute Gasteiger partial charge is 0.478 e. The molecular formula is C16H18ClN3O4S. The fourth-order valence-corrected chi connectivity index (χ4v) is 3.56. The van der Waals surface area contributed by atoms with E-state index in [9.17, 15) is 19.5 Å². The summed E-state index contributed by atoms with van der Waals surface area (Å²) in [5, 5.41) is 11.0. The van der Waals surface area contributed by atoms with Crippen LogP contribution in [0.15, 0.2) is 23.1 Å². The first-order chi connectivity index (χ1) is 11.4. The molecule has 2 aliphatic heterocycles. The van der Waals surface area contributed by atoms with E-state index in [2.05, 4.69) is 10.2 Å². The van der Waals surface area contributed by atoms with Crippen molar-refractivity contribution >= 4 is 53.0 Å². The topological polar surface area (TPSA) is 113 Å². The van der Waals surface area contributed by atoms with E-state index >= 15 is 0 Å². The van der Waals surface area contributed by atoms with Crippen molar-refractivity contribution in [3.63, 3.8) is 0 Å². The number of carbonyl (C=O) groups is 3. The van der Waals surface area contributed by atoms with Gasteiger partial charge in [-0.2, -0.15) is 0 Å². The van der Waals surface area contributed by atoms with Crippen LogP contribution in [0.1, 0.15) is 28.8 Å². The number of piperidine rings is 1. The van der Waals surface area contributed by atoms with Crippen LogP contribution in [0.4, 0.5) is 10.5 Å². The molecule has 3 rings (SSSR count). The van der Waals surface area contributed by atoms with E-state index in [1.54, 1.807) is 12.1 Å². The van der Waals surface area contributed by atoms with Crippen molar-refractivity contribution in [2.75, 3.05) is 18.0 Å². The van der Waals surface area contributed by atoms with Gasteiger partial charge in [0.25, 0.3) is 11.1 Å². The van der Waals surface area contributed by atoms with E-state index in [0.717, 1.165) is 36.8 Å². The summed E-state index contributed by atoms with van der Waals surface area (Å²) < 4.78 is 0. The molecule has 9 heteroatoms. The van der Waals surface area contributed by atoms with Gasteiger partial charge in [0.15, 0.2) is 0 Å². The third kappa shape index (κ3) is 4.33. The van der Waals surface area contributed by atoms with Crippen LogP contribution < -0.4 is 16.0 Å². The second kappa shape index (κ2) is 7.90. The lowest BCUT2D eigenvalue weighted by molar-refractivity contribution is -0.115. The Morgan fingerprint density at radius 2 is 2.16 bits per heavy atom. The molecular weight excluding hydrogens is 366 g/mol. The Hall–Kier alpha value is -2.03. The van der Waals surface area contributed by atoms with Crippen molar-refractivity contribution in [3.8, 4) is 0 Å². The number of nitrogens with one attached hydrogen (secondary N) is 1. The molecule has 7 nitrogen and oxygen atoms in total. The zero-order valence-corrected chi connectivity index (χ0v) is 14.9. The van der Waals surface area contributed by atoms with Crippen molar-refractivity contribution in [2.24, 2.45) is 5.73 Å². The smallest absolute Gasteiger partial charge is 0.335 e. The highest BCUT2D eigenvalue weighted by molar-refractivity contribution is 8.18. The summed E-state index contributed by atoms with van der Waals surface area (Å²) in [4.78, 5) is 36.7. The van der Waals surface area contributed by atoms with E-state index in [-0.39, 0.29) is 28.9 Å². The molecule has 25 heavy (non-hydrogen) atoms. The Kier molecular flexibility index (Phi) is 6.10. The number of thioether (sulfide) groups is 1. The molecule has 2 heterocycles. The van der Waals surface area contributed by atoms with Gasteiger partial charge in [0.2, 0.25) is 0 Å². The van der Waals surface area contributed by atoms with Crippen LogP contribution in [0, 0.1) is 0 Å². The molecule has 1 atom stereocenters. The third-order valence-electron chi connectivity index (χ3n) is 4.00. The van der Waals surface area contributed by atoms with E-state index in [1.807, 2.05) is 0 Å². The molecule has 0 spiro atoms. The molecule has 2 fully saturated rings. The molecule has 2 aliphatic rings. The number of carbonyl (C=O) groups excluding carboxylic acids is 2. The Labute approximate surface area is 155 Å². The van der Waals surface area contributed by atoms with Crippen LogP contribution in [-0.4, -0.2) is 41.4 Å². The predicted molar refractivity (Wildman–Crippen MR) is 99.2 cm³/mol. The zero-order chi connectivity index (χ0) is 17.3. The molecule has 1 aromatic rings. The number of benzene rings is 1.